The molecule has 0 unspecified atom stereocenters. The predicted octanol–water partition coefficient (Wildman–Crippen LogP) is 0.135. The summed E-state index contributed by atoms with van der Waals surface area (Å²) in [6, 6.07) is 7.96. The molecular weight excluding hydrogens is 263 g/mol. The highest BCUT2D eigenvalue weighted by Gasteiger charge is 2.68. The van der Waals surface area contributed by atoms with E-state index in [-0.39, 0.29) is 0 Å². The average molecular weight is 282 g/mol. The monoisotopic (exact) mass is 282 g/mol. The number of benzene rings is 1. The minimum absolute atomic E-state index is 0.921. The molecule has 102 valence electrons. The van der Waals surface area contributed by atoms with Crippen molar-refractivity contribution >= 4 is 19.0 Å². The fourth-order valence-corrected chi connectivity index (χ4v) is 5.32. The largest absolute Gasteiger partial charge is 0.556 e. The zero-order valence-corrected chi connectivity index (χ0v) is 12.7. The van der Waals surface area contributed by atoms with Gasteiger partial charge in [-0.3, -0.25) is 0 Å². The van der Waals surface area contributed by atoms with Gasteiger partial charge in [-0.05, 0) is 12.1 Å². The Bertz CT molecular complexity index is 617. The third-order valence-corrected chi connectivity index (χ3v) is 6.68. The van der Waals surface area contributed by atoms with Crippen LogP contribution in [0.1, 0.15) is 0 Å². The van der Waals surface area contributed by atoms with E-state index in [1.807, 2.05) is 59.5 Å². The SMILES string of the molecule is CN(C)[P+]1(N(C)C)O[n+]2c3ccccc3nn2N1C. The number of rotatable bonds is 2. The topological polar surface area (TPSA) is 40.7 Å². The van der Waals surface area contributed by atoms with Crippen LogP contribution in [0.15, 0.2) is 24.3 Å². The van der Waals surface area contributed by atoms with Gasteiger partial charge in [0.25, 0.3) is 0 Å². The summed E-state index contributed by atoms with van der Waals surface area (Å²) in [6.45, 7) is 0. The zero-order chi connectivity index (χ0) is 13.8. The van der Waals surface area contributed by atoms with E-state index >= 15 is 0 Å². The Kier molecular flexibility index (Phi) is 2.67. The van der Waals surface area contributed by atoms with Crippen LogP contribution in [-0.2, 0) is 0 Å². The van der Waals surface area contributed by atoms with Crippen LogP contribution in [0.2, 0.25) is 0 Å². The van der Waals surface area contributed by atoms with E-state index in [4.69, 9.17) is 4.62 Å². The predicted molar refractivity (Wildman–Crippen MR) is 74.9 cm³/mol. The van der Waals surface area contributed by atoms with E-state index in [0.29, 0.717) is 0 Å². The lowest BCUT2D eigenvalue weighted by Gasteiger charge is -2.25. The molecule has 0 N–H and O–H groups in total. The van der Waals surface area contributed by atoms with Crippen LogP contribution < -0.4 is 14.2 Å². The molecule has 2 heterocycles. The minimum atomic E-state index is -2.06. The number of aromatic nitrogens is 3. The van der Waals surface area contributed by atoms with Crippen molar-refractivity contribution in [2.75, 3.05) is 40.0 Å². The number of fused-ring (bicyclic) bond motifs is 3. The third-order valence-electron chi connectivity index (χ3n) is 3.31. The van der Waals surface area contributed by atoms with E-state index in [9.17, 15) is 0 Å². The zero-order valence-electron chi connectivity index (χ0n) is 11.8. The van der Waals surface area contributed by atoms with Gasteiger partial charge in [0.1, 0.15) is 12.0 Å². The molecule has 0 bridgehead atoms. The number of hydrogen-bond acceptors (Lipinski definition) is 5. The minimum Gasteiger partial charge on any atom is -0.108 e. The van der Waals surface area contributed by atoms with Crippen molar-refractivity contribution in [2.24, 2.45) is 0 Å². The third kappa shape index (κ3) is 1.49. The lowest BCUT2D eigenvalue weighted by atomic mass is 10.3. The normalized spacial score (nSPS) is 17.3. The van der Waals surface area contributed by atoms with Crippen molar-refractivity contribution in [1.82, 2.24) is 19.3 Å². The second kappa shape index (κ2) is 4.03. The van der Waals surface area contributed by atoms with Crippen molar-refractivity contribution in [3.8, 4) is 0 Å². The summed E-state index contributed by atoms with van der Waals surface area (Å²) in [5.74, 6) is 0. The van der Waals surface area contributed by atoms with Gasteiger partial charge in [-0.15, -0.1) is 14.0 Å². The van der Waals surface area contributed by atoms with Crippen LogP contribution in [0.4, 0.5) is 0 Å². The van der Waals surface area contributed by atoms with Gasteiger partial charge in [0, 0.05) is 38.1 Å². The molecule has 0 amide bonds. The van der Waals surface area contributed by atoms with E-state index in [2.05, 4.69) is 19.2 Å². The molecule has 0 atom stereocenters. The summed E-state index contributed by atoms with van der Waals surface area (Å²) < 4.78 is 12.6. The molecular formula is C11H19N6OP+2. The summed E-state index contributed by atoms with van der Waals surface area (Å²) >= 11 is 0. The highest BCUT2D eigenvalue weighted by molar-refractivity contribution is 7.67. The first-order chi connectivity index (χ1) is 8.98. The lowest BCUT2D eigenvalue weighted by molar-refractivity contribution is -0.895. The van der Waals surface area contributed by atoms with E-state index in [1.54, 1.807) is 9.75 Å². The number of para-hydroxylation sites is 1. The van der Waals surface area contributed by atoms with Gasteiger partial charge in [0.2, 0.25) is 11.0 Å². The second-order valence-corrected chi connectivity index (χ2v) is 8.28. The summed E-state index contributed by atoms with van der Waals surface area (Å²) in [5.41, 5.74) is 1.89. The van der Waals surface area contributed by atoms with E-state index in [1.165, 1.54) is 0 Å². The molecule has 1 aliphatic heterocycles. The molecule has 7 nitrogen and oxygen atoms in total. The maximum absolute atomic E-state index is 6.29. The Morgan fingerprint density at radius 2 is 1.79 bits per heavy atom. The maximum Gasteiger partial charge on any atom is 0.556 e. The Morgan fingerprint density at radius 3 is 2.42 bits per heavy atom. The van der Waals surface area contributed by atoms with Crippen molar-refractivity contribution in [1.29, 1.82) is 0 Å². The Labute approximate surface area is 113 Å². The molecule has 1 aromatic carbocycles. The molecule has 0 saturated heterocycles. The first-order valence-corrected chi connectivity index (χ1v) is 7.64. The van der Waals surface area contributed by atoms with Crippen LogP contribution >= 0.6 is 7.94 Å². The lowest BCUT2D eigenvalue weighted by Crippen LogP contribution is -2.46. The molecule has 19 heavy (non-hydrogen) atoms. The summed E-state index contributed by atoms with van der Waals surface area (Å²) in [7, 11) is 8.06. The first kappa shape index (κ1) is 12.6. The molecule has 2 aromatic rings. The van der Waals surface area contributed by atoms with Crippen LogP contribution in [0.25, 0.3) is 11.0 Å². The molecule has 0 saturated carbocycles. The van der Waals surface area contributed by atoms with Crippen molar-refractivity contribution < 1.29 is 9.47 Å². The van der Waals surface area contributed by atoms with Gasteiger partial charge >= 0.3 is 7.94 Å². The smallest absolute Gasteiger partial charge is 0.108 e. The fourth-order valence-electron chi connectivity index (χ4n) is 2.49. The molecule has 0 fully saturated rings. The van der Waals surface area contributed by atoms with Gasteiger partial charge in [0.15, 0.2) is 0 Å². The molecule has 1 aliphatic rings. The average Bonchev–Trinajstić information content (AvgIpc) is 2.85. The quantitative estimate of drug-likeness (QED) is 0.579. The fraction of sp³-hybridized carbons (Fsp3) is 0.455. The number of nitrogens with zero attached hydrogens (tertiary/aromatic N) is 6. The Balaban J connectivity index is 2.18. The molecule has 0 spiro atoms. The summed E-state index contributed by atoms with van der Waals surface area (Å²) in [6.07, 6.45) is 0. The second-order valence-electron chi connectivity index (χ2n) is 4.91. The van der Waals surface area contributed by atoms with Crippen LogP contribution in [0, 0.1) is 0 Å². The number of hydrogen-bond donors (Lipinski definition) is 0. The summed E-state index contributed by atoms with van der Waals surface area (Å²) in [4.78, 5) is 3.56. The van der Waals surface area contributed by atoms with Gasteiger partial charge in [0.05, 0.1) is 4.85 Å². The van der Waals surface area contributed by atoms with Crippen LogP contribution in [0.3, 0.4) is 0 Å². The molecule has 0 radical (unpaired) electrons. The first-order valence-electron chi connectivity index (χ1n) is 6.08. The van der Waals surface area contributed by atoms with E-state index in [0.717, 1.165) is 11.0 Å². The van der Waals surface area contributed by atoms with Gasteiger partial charge in [-0.1, -0.05) is 12.1 Å². The highest BCUT2D eigenvalue weighted by atomic mass is 31.2. The van der Waals surface area contributed by atoms with Gasteiger partial charge < -0.3 is 0 Å². The van der Waals surface area contributed by atoms with E-state index < -0.39 is 7.94 Å². The van der Waals surface area contributed by atoms with Gasteiger partial charge in [-0.25, -0.2) is 0 Å². The van der Waals surface area contributed by atoms with Crippen molar-refractivity contribution in [2.45, 2.75) is 0 Å². The highest BCUT2D eigenvalue weighted by Crippen LogP contribution is 2.61. The summed E-state index contributed by atoms with van der Waals surface area (Å²) in [5, 5.41) is 4.59. The van der Waals surface area contributed by atoms with Crippen molar-refractivity contribution in [3.05, 3.63) is 24.3 Å². The standard InChI is InChI=1S/C11H19N6OP/c1-13(2)19(14(3)4)15(5)17-12-10-8-6-7-9-11(10)16(17)18-19/h6-9H,1-5H3/q+2. The van der Waals surface area contributed by atoms with Gasteiger partial charge in [-0.2, -0.15) is 0 Å². The van der Waals surface area contributed by atoms with Crippen LogP contribution in [0.5, 0.6) is 0 Å². The molecule has 8 heteroatoms. The molecule has 3 rings (SSSR count). The Morgan fingerprint density at radius 1 is 1.16 bits per heavy atom. The molecule has 1 aromatic heterocycles. The molecule has 0 aliphatic carbocycles. The Hall–Kier alpha value is -1.43. The maximum atomic E-state index is 6.29. The van der Waals surface area contributed by atoms with Crippen LogP contribution in [-0.4, -0.2) is 54.6 Å². The van der Waals surface area contributed by atoms with Crippen molar-refractivity contribution in [3.63, 3.8) is 0 Å².